The van der Waals surface area contributed by atoms with Crippen molar-refractivity contribution in [3.8, 4) is 0 Å². The number of aliphatic hydroxyl groups excluding tert-OH is 2. The number of hydrogen-bond acceptors (Lipinski definition) is 7. The lowest BCUT2D eigenvalue weighted by Gasteiger charge is -2.25. The van der Waals surface area contributed by atoms with Crippen molar-refractivity contribution in [3.05, 3.63) is 12.7 Å². The molecule has 2 aromatic rings. The predicted molar refractivity (Wildman–Crippen MR) is 66.6 cm³/mol. The van der Waals surface area contributed by atoms with E-state index in [1.807, 2.05) is 0 Å². The Morgan fingerprint density at radius 2 is 2.19 bits per heavy atom. The Kier molecular flexibility index (Phi) is 3.23. The van der Waals surface area contributed by atoms with Gasteiger partial charge in [0.15, 0.2) is 17.7 Å². The van der Waals surface area contributed by atoms with E-state index in [1.165, 1.54) is 6.33 Å². The molecule has 0 amide bonds. The van der Waals surface area contributed by atoms with Gasteiger partial charge in [-0.15, -0.1) is 0 Å². The first-order chi connectivity index (χ1) is 10.0. The van der Waals surface area contributed by atoms with Crippen LogP contribution >= 0.6 is 0 Å². The minimum Gasteiger partial charge on any atom is -0.394 e. The summed E-state index contributed by atoms with van der Waals surface area (Å²) in [5.41, 5.74) is 3.26. The fourth-order valence-electron chi connectivity index (χ4n) is 2.43. The lowest BCUT2D eigenvalue weighted by Crippen LogP contribution is -2.45. The van der Waals surface area contributed by atoms with Crippen molar-refractivity contribution in [2.75, 3.05) is 19.0 Å². The molecule has 2 aromatic heterocycles. The van der Waals surface area contributed by atoms with Crippen molar-refractivity contribution in [1.29, 1.82) is 0 Å². The Hall–Kier alpha value is -1.91. The normalized spacial score (nSPS) is 32.9. The first-order valence-electron chi connectivity index (χ1n) is 6.15. The van der Waals surface area contributed by atoms with Gasteiger partial charge in [0.05, 0.1) is 12.9 Å². The third-order valence-electron chi connectivity index (χ3n) is 3.58. The number of fused-ring (bicyclic) bond motifs is 1. The van der Waals surface area contributed by atoms with Crippen LogP contribution in [0.3, 0.4) is 0 Å². The second-order valence-corrected chi connectivity index (χ2v) is 4.80. The second-order valence-electron chi connectivity index (χ2n) is 4.80. The molecule has 10 heteroatoms. The van der Waals surface area contributed by atoms with E-state index in [1.54, 1.807) is 0 Å². The van der Waals surface area contributed by atoms with E-state index in [0.717, 1.165) is 10.9 Å². The summed E-state index contributed by atoms with van der Waals surface area (Å²) >= 11 is 0. The first-order valence-corrected chi connectivity index (χ1v) is 6.15. The highest BCUT2D eigenvalue weighted by molar-refractivity contribution is 5.81. The number of imidazole rings is 1. The number of anilines is 1. The Morgan fingerprint density at radius 1 is 1.43 bits per heavy atom. The molecule has 0 saturated carbocycles. The number of aliphatic hydroxyl groups is 2. The molecule has 1 aliphatic heterocycles. The molecule has 1 aliphatic rings. The third kappa shape index (κ3) is 1.87. The van der Waals surface area contributed by atoms with Gasteiger partial charge in [-0.1, -0.05) is 0 Å². The van der Waals surface area contributed by atoms with Crippen molar-refractivity contribution < 1.29 is 23.7 Å². The van der Waals surface area contributed by atoms with Crippen LogP contribution in [0.5, 0.6) is 0 Å². The molecule has 4 N–H and O–H groups in total. The van der Waals surface area contributed by atoms with Crippen LogP contribution < -0.4 is 5.73 Å². The van der Waals surface area contributed by atoms with Crippen LogP contribution in [0.25, 0.3) is 11.2 Å². The quantitative estimate of drug-likeness (QED) is 0.688. The highest BCUT2D eigenvalue weighted by Crippen LogP contribution is 2.42. The number of nitrogens with zero attached hydrogens (tertiary/aromatic N) is 4. The summed E-state index contributed by atoms with van der Waals surface area (Å²) in [5, 5.41) is 18.9. The van der Waals surface area contributed by atoms with Gasteiger partial charge in [0.1, 0.15) is 30.7 Å². The van der Waals surface area contributed by atoms with Gasteiger partial charge >= 0.3 is 0 Å². The highest BCUT2D eigenvalue weighted by atomic mass is 19.2. The summed E-state index contributed by atoms with van der Waals surface area (Å²) in [4.78, 5) is 11.6. The van der Waals surface area contributed by atoms with Gasteiger partial charge in [-0.3, -0.25) is 4.57 Å². The standard InChI is InChI=1S/C11H13F2N5O3/c12-2-11(13)7(20)5(1-19)21-10(11)18-4-17-6-8(14)15-3-16-9(6)18/h3-5,7,10,19-20H,1-2H2,(H2,14,15,16)/t5-,7-,10?,11-/m1/s1. The Morgan fingerprint density at radius 3 is 2.86 bits per heavy atom. The van der Waals surface area contributed by atoms with E-state index in [9.17, 15) is 13.9 Å². The molecule has 0 aliphatic carbocycles. The zero-order chi connectivity index (χ0) is 15.2. The van der Waals surface area contributed by atoms with Crippen LogP contribution in [0.1, 0.15) is 6.23 Å². The molecule has 3 heterocycles. The van der Waals surface area contributed by atoms with Crippen molar-refractivity contribution in [2.24, 2.45) is 0 Å². The Bertz CT molecular complexity index is 668. The summed E-state index contributed by atoms with van der Waals surface area (Å²) < 4.78 is 34.3. The molecule has 1 fully saturated rings. The van der Waals surface area contributed by atoms with E-state index < -0.39 is 37.4 Å². The van der Waals surface area contributed by atoms with Crippen molar-refractivity contribution >= 4 is 17.0 Å². The molecule has 1 unspecified atom stereocenters. The average molecular weight is 301 g/mol. The van der Waals surface area contributed by atoms with E-state index in [4.69, 9.17) is 15.6 Å². The van der Waals surface area contributed by atoms with Crippen LogP contribution in [-0.4, -0.2) is 60.9 Å². The number of hydrogen-bond donors (Lipinski definition) is 3. The lowest BCUT2D eigenvalue weighted by molar-refractivity contribution is -0.0689. The first kappa shape index (κ1) is 14.0. The van der Waals surface area contributed by atoms with Gasteiger partial charge in [0, 0.05) is 0 Å². The summed E-state index contributed by atoms with van der Waals surface area (Å²) in [7, 11) is 0. The van der Waals surface area contributed by atoms with Crippen molar-refractivity contribution in [1.82, 2.24) is 19.5 Å². The molecule has 4 atom stereocenters. The van der Waals surface area contributed by atoms with Crippen LogP contribution in [-0.2, 0) is 4.74 Å². The number of rotatable bonds is 3. The van der Waals surface area contributed by atoms with Gasteiger partial charge in [-0.25, -0.2) is 23.7 Å². The fraction of sp³-hybridized carbons (Fsp3) is 0.545. The number of alkyl halides is 2. The SMILES string of the molecule is Nc1ncnc2c1ncn2C1O[C@H](CO)[C@@H](O)[C@]1(F)CF. The van der Waals surface area contributed by atoms with Crippen LogP contribution in [0, 0.1) is 0 Å². The van der Waals surface area contributed by atoms with E-state index in [2.05, 4.69) is 15.0 Å². The number of nitrogens with two attached hydrogens (primary N) is 1. The maximum Gasteiger partial charge on any atom is 0.212 e. The molecule has 0 aromatic carbocycles. The monoisotopic (exact) mass is 301 g/mol. The molecule has 3 rings (SSSR count). The number of nitrogen functional groups attached to an aromatic ring is 1. The van der Waals surface area contributed by atoms with Gasteiger partial charge in [-0.2, -0.15) is 0 Å². The topological polar surface area (TPSA) is 119 Å². The largest absolute Gasteiger partial charge is 0.394 e. The summed E-state index contributed by atoms with van der Waals surface area (Å²) in [6, 6.07) is 0. The van der Waals surface area contributed by atoms with Crippen molar-refractivity contribution in [3.63, 3.8) is 0 Å². The molecule has 8 nitrogen and oxygen atoms in total. The Balaban J connectivity index is 2.11. The summed E-state index contributed by atoms with van der Waals surface area (Å²) in [6.07, 6.45) is -2.24. The number of ether oxygens (including phenoxy) is 1. The van der Waals surface area contributed by atoms with Gasteiger partial charge in [0.25, 0.3) is 0 Å². The highest BCUT2D eigenvalue weighted by Gasteiger charge is 2.58. The van der Waals surface area contributed by atoms with Crippen molar-refractivity contribution in [2.45, 2.75) is 24.1 Å². The second kappa shape index (κ2) is 4.83. The maximum absolute atomic E-state index is 14.7. The number of halogens is 2. The van der Waals surface area contributed by atoms with Crippen LogP contribution in [0.2, 0.25) is 0 Å². The zero-order valence-corrected chi connectivity index (χ0v) is 10.7. The molecule has 1 saturated heterocycles. The minimum absolute atomic E-state index is 0.0840. The third-order valence-corrected chi connectivity index (χ3v) is 3.58. The zero-order valence-electron chi connectivity index (χ0n) is 10.7. The predicted octanol–water partition coefficient (Wildman–Crippen LogP) is -0.663. The van der Waals surface area contributed by atoms with Gasteiger partial charge in [-0.05, 0) is 0 Å². The molecule has 0 spiro atoms. The van der Waals surface area contributed by atoms with Gasteiger partial charge < -0.3 is 20.7 Å². The van der Waals surface area contributed by atoms with Crippen LogP contribution in [0.4, 0.5) is 14.6 Å². The lowest BCUT2D eigenvalue weighted by atomic mass is 9.97. The molecule has 0 radical (unpaired) electrons. The molecule has 114 valence electrons. The van der Waals surface area contributed by atoms with Gasteiger partial charge in [0.2, 0.25) is 5.67 Å². The Labute approximate surface area is 117 Å². The average Bonchev–Trinajstić information content (AvgIpc) is 3.01. The fourth-order valence-corrected chi connectivity index (χ4v) is 2.43. The van der Waals surface area contributed by atoms with E-state index in [0.29, 0.717) is 0 Å². The molecule has 0 bridgehead atoms. The summed E-state index contributed by atoms with van der Waals surface area (Å²) in [6.45, 7) is -2.14. The van der Waals surface area contributed by atoms with Crippen LogP contribution in [0.15, 0.2) is 12.7 Å². The minimum atomic E-state index is -2.72. The number of aromatic nitrogens is 4. The smallest absolute Gasteiger partial charge is 0.212 e. The molecular formula is C11H13F2N5O3. The maximum atomic E-state index is 14.7. The molecular weight excluding hydrogens is 288 g/mol. The van der Waals surface area contributed by atoms with E-state index in [-0.39, 0.29) is 17.0 Å². The molecule has 21 heavy (non-hydrogen) atoms. The summed E-state index contributed by atoms with van der Waals surface area (Å²) in [5.74, 6) is 0.0840. The van der Waals surface area contributed by atoms with E-state index >= 15 is 0 Å².